The Morgan fingerprint density at radius 1 is 1.62 bits per heavy atom. The van der Waals surface area contributed by atoms with Crippen LogP contribution in [-0.4, -0.2) is 19.6 Å². The van der Waals surface area contributed by atoms with Crippen LogP contribution >= 0.6 is 0 Å². The quantitative estimate of drug-likeness (QED) is 0.367. The number of nitrogens with zero attached hydrogens (tertiary/aromatic N) is 1. The molecule has 1 N–H and O–H groups in total. The highest BCUT2D eigenvalue weighted by Gasteiger charge is 2.17. The van der Waals surface area contributed by atoms with Crippen LogP contribution in [0.4, 0.5) is 0 Å². The molecule has 4 nitrogen and oxygen atoms in total. The molecule has 1 saturated heterocycles. The third-order valence-corrected chi connectivity index (χ3v) is 2.00. The van der Waals surface area contributed by atoms with Crippen LogP contribution in [0.25, 0.3) is 0 Å². The Morgan fingerprint density at radius 3 is 2.85 bits per heavy atom. The van der Waals surface area contributed by atoms with Crippen molar-refractivity contribution < 1.29 is 9.53 Å². The monoisotopic (exact) mass is 180 g/mol. The Balaban J connectivity index is 2.84. The molecule has 1 aliphatic rings. The summed E-state index contributed by atoms with van der Waals surface area (Å²) in [6, 6.07) is 1.87. The van der Waals surface area contributed by atoms with Crippen molar-refractivity contribution in [1.82, 2.24) is 5.32 Å². The zero-order valence-corrected chi connectivity index (χ0v) is 7.59. The lowest BCUT2D eigenvalue weighted by atomic mass is 10.1. The number of hydrogen-bond donors (Lipinski definition) is 1. The molecule has 0 aromatic heterocycles. The normalized spacial score (nSPS) is 19.7. The first-order valence-corrected chi connectivity index (χ1v) is 4.25. The molecule has 1 heterocycles. The Kier molecular flexibility index (Phi) is 3.32. The van der Waals surface area contributed by atoms with Gasteiger partial charge in [0.2, 0.25) is 0 Å². The van der Waals surface area contributed by atoms with Crippen LogP contribution in [0.3, 0.4) is 0 Å². The Labute approximate surface area is 77.2 Å². The predicted octanol–water partition coefficient (Wildman–Crippen LogP) is 0.711. The highest BCUT2D eigenvalue weighted by Crippen LogP contribution is 2.14. The standard InChI is InChI=1S/C9H12N2O2/c1-13-9(12)7(6-10)8-4-2-3-5-11-8/h11H,2-5H2,1H3/b8-7-. The van der Waals surface area contributed by atoms with Gasteiger partial charge in [-0.25, -0.2) is 4.79 Å². The van der Waals surface area contributed by atoms with Gasteiger partial charge in [0.05, 0.1) is 7.11 Å². The third-order valence-electron chi connectivity index (χ3n) is 2.00. The number of piperidine rings is 1. The van der Waals surface area contributed by atoms with Gasteiger partial charge in [-0.1, -0.05) is 0 Å². The smallest absolute Gasteiger partial charge is 0.350 e. The SMILES string of the molecule is COC(=O)/C(C#N)=C1/CCCCN1. The lowest BCUT2D eigenvalue weighted by Crippen LogP contribution is -2.23. The molecule has 70 valence electrons. The number of ether oxygens (including phenoxy) is 1. The van der Waals surface area contributed by atoms with E-state index in [1.165, 1.54) is 7.11 Å². The average molecular weight is 180 g/mol. The van der Waals surface area contributed by atoms with Gasteiger partial charge in [0, 0.05) is 12.2 Å². The Hall–Kier alpha value is -1.50. The fourth-order valence-electron chi connectivity index (χ4n) is 1.31. The van der Waals surface area contributed by atoms with E-state index in [2.05, 4.69) is 10.1 Å². The van der Waals surface area contributed by atoms with Crippen LogP contribution in [0.2, 0.25) is 0 Å². The summed E-state index contributed by atoms with van der Waals surface area (Å²) >= 11 is 0. The van der Waals surface area contributed by atoms with E-state index < -0.39 is 5.97 Å². The second-order valence-corrected chi connectivity index (χ2v) is 2.84. The van der Waals surface area contributed by atoms with Crippen LogP contribution in [-0.2, 0) is 9.53 Å². The molecule has 13 heavy (non-hydrogen) atoms. The zero-order valence-electron chi connectivity index (χ0n) is 7.59. The van der Waals surface area contributed by atoms with Crippen LogP contribution < -0.4 is 5.32 Å². The molecular formula is C9H12N2O2. The van der Waals surface area contributed by atoms with E-state index in [-0.39, 0.29) is 5.57 Å². The minimum atomic E-state index is -0.549. The fourth-order valence-corrected chi connectivity index (χ4v) is 1.31. The van der Waals surface area contributed by atoms with Crippen molar-refractivity contribution in [2.24, 2.45) is 0 Å². The molecule has 0 aliphatic carbocycles. The van der Waals surface area contributed by atoms with Crippen molar-refractivity contribution in [1.29, 1.82) is 5.26 Å². The molecule has 4 heteroatoms. The lowest BCUT2D eigenvalue weighted by molar-refractivity contribution is -0.135. The van der Waals surface area contributed by atoms with Gasteiger partial charge < -0.3 is 10.1 Å². The number of nitriles is 1. The molecule has 0 saturated carbocycles. The van der Waals surface area contributed by atoms with E-state index in [1.54, 1.807) is 0 Å². The molecule has 0 bridgehead atoms. The summed E-state index contributed by atoms with van der Waals surface area (Å²) in [6.07, 6.45) is 2.87. The van der Waals surface area contributed by atoms with Gasteiger partial charge in [-0.3, -0.25) is 0 Å². The first-order valence-electron chi connectivity index (χ1n) is 4.25. The summed E-state index contributed by atoms with van der Waals surface area (Å²) < 4.78 is 4.50. The van der Waals surface area contributed by atoms with Crippen molar-refractivity contribution in [2.75, 3.05) is 13.7 Å². The molecule has 0 amide bonds. The minimum absolute atomic E-state index is 0.113. The van der Waals surface area contributed by atoms with Gasteiger partial charge in [0.15, 0.2) is 5.57 Å². The number of carbonyl (C=O) groups excluding carboxylic acids is 1. The minimum Gasteiger partial charge on any atom is -0.465 e. The maximum absolute atomic E-state index is 11.1. The number of allylic oxidation sites excluding steroid dienone is 1. The molecule has 1 rings (SSSR count). The zero-order chi connectivity index (χ0) is 9.68. The van der Waals surface area contributed by atoms with E-state index in [4.69, 9.17) is 5.26 Å². The molecule has 1 aliphatic heterocycles. The summed E-state index contributed by atoms with van der Waals surface area (Å²) in [7, 11) is 1.28. The number of nitrogens with one attached hydrogen (secondary N) is 1. The second-order valence-electron chi connectivity index (χ2n) is 2.84. The van der Waals surface area contributed by atoms with Crippen molar-refractivity contribution in [3.63, 3.8) is 0 Å². The van der Waals surface area contributed by atoms with E-state index in [0.29, 0.717) is 0 Å². The van der Waals surface area contributed by atoms with Gasteiger partial charge in [-0.05, 0) is 19.3 Å². The number of methoxy groups -OCH3 is 1. The number of carbonyl (C=O) groups is 1. The lowest BCUT2D eigenvalue weighted by Gasteiger charge is -2.17. The molecule has 0 spiro atoms. The molecule has 0 atom stereocenters. The first kappa shape index (κ1) is 9.59. The molecule has 0 aromatic carbocycles. The summed E-state index contributed by atoms with van der Waals surface area (Å²) in [5, 5.41) is 11.8. The summed E-state index contributed by atoms with van der Waals surface area (Å²) in [6.45, 7) is 0.831. The van der Waals surface area contributed by atoms with Gasteiger partial charge in [0.25, 0.3) is 0 Å². The van der Waals surface area contributed by atoms with Crippen LogP contribution in [0.15, 0.2) is 11.3 Å². The summed E-state index contributed by atoms with van der Waals surface area (Å²) in [5.74, 6) is -0.549. The number of rotatable bonds is 1. The fraction of sp³-hybridized carbons (Fsp3) is 0.556. The van der Waals surface area contributed by atoms with Gasteiger partial charge in [-0.15, -0.1) is 0 Å². The topological polar surface area (TPSA) is 62.1 Å². The molecule has 0 unspecified atom stereocenters. The Morgan fingerprint density at radius 2 is 2.38 bits per heavy atom. The largest absolute Gasteiger partial charge is 0.465 e. The Bertz CT molecular complexity index is 268. The number of hydrogen-bond acceptors (Lipinski definition) is 4. The molecule has 1 fully saturated rings. The van der Waals surface area contributed by atoms with Crippen LogP contribution in [0.1, 0.15) is 19.3 Å². The molecule has 0 aromatic rings. The van der Waals surface area contributed by atoms with E-state index >= 15 is 0 Å². The van der Waals surface area contributed by atoms with E-state index in [9.17, 15) is 4.79 Å². The van der Waals surface area contributed by atoms with Gasteiger partial charge >= 0.3 is 5.97 Å². The van der Waals surface area contributed by atoms with Crippen molar-refractivity contribution >= 4 is 5.97 Å². The molecule has 0 radical (unpaired) electrons. The van der Waals surface area contributed by atoms with E-state index in [0.717, 1.165) is 31.5 Å². The average Bonchev–Trinajstić information content (AvgIpc) is 2.20. The molecular weight excluding hydrogens is 168 g/mol. The van der Waals surface area contributed by atoms with Crippen molar-refractivity contribution in [3.05, 3.63) is 11.3 Å². The van der Waals surface area contributed by atoms with Crippen molar-refractivity contribution in [3.8, 4) is 6.07 Å². The highest BCUT2D eigenvalue weighted by molar-refractivity contribution is 5.93. The maximum Gasteiger partial charge on any atom is 0.350 e. The predicted molar refractivity (Wildman–Crippen MR) is 46.5 cm³/mol. The van der Waals surface area contributed by atoms with Crippen LogP contribution in [0, 0.1) is 11.3 Å². The third kappa shape index (κ3) is 2.22. The summed E-state index contributed by atoms with van der Waals surface area (Å²) in [4.78, 5) is 11.1. The second kappa shape index (κ2) is 4.51. The van der Waals surface area contributed by atoms with Crippen molar-refractivity contribution in [2.45, 2.75) is 19.3 Å². The highest BCUT2D eigenvalue weighted by atomic mass is 16.5. The van der Waals surface area contributed by atoms with Gasteiger partial charge in [0.1, 0.15) is 6.07 Å². The van der Waals surface area contributed by atoms with Gasteiger partial charge in [-0.2, -0.15) is 5.26 Å². The van der Waals surface area contributed by atoms with E-state index in [1.807, 2.05) is 6.07 Å². The number of esters is 1. The van der Waals surface area contributed by atoms with Crippen LogP contribution in [0.5, 0.6) is 0 Å². The maximum atomic E-state index is 11.1. The first-order chi connectivity index (χ1) is 6.29. The summed E-state index contributed by atoms with van der Waals surface area (Å²) in [5.41, 5.74) is 0.836.